The van der Waals surface area contributed by atoms with Crippen LogP contribution in [0.15, 0.2) is 172 Å². The molecule has 7 heteroatoms. The van der Waals surface area contributed by atoms with Crippen molar-refractivity contribution < 1.29 is 8.83 Å². The number of rotatable bonds is 5. The molecule has 0 atom stereocenters. The van der Waals surface area contributed by atoms with Crippen molar-refractivity contribution in [2.24, 2.45) is 5.10 Å². The van der Waals surface area contributed by atoms with Crippen molar-refractivity contribution >= 4 is 77.8 Å². The molecule has 1 aliphatic rings. The van der Waals surface area contributed by atoms with Crippen LogP contribution in [-0.4, -0.2) is 21.4 Å². The number of fused-ring (bicyclic) bond motifs is 9. The van der Waals surface area contributed by atoms with E-state index in [9.17, 15) is 0 Å². The molecule has 7 aromatic carbocycles. The van der Waals surface area contributed by atoms with Crippen LogP contribution in [0.2, 0.25) is 0 Å². The van der Waals surface area contributed by atoms with E-state index in [0.717, 1.165) is 99.5 Å². The normalized spacial score (nSPS) is 13.5. The number of furan rings is 2. The number of para-hydroxylation sites is 3. The minimum atomic E-state index is 0.344. The van der Waals surface area contributed by atoms with Gasteiger partial charge in [-0.15, -0.1) is 0 Å². The first-order valence-electron chi connectivity index (χ1n) is 18.1. The second kappa shape index (κ2) is 12.2. The van der Waals surface area contributed by atoms with E-state index in [1.807, 2.05) is 78.9 Å². The summed E-state index contributed by atoms with van der Waals surface area (Å²) in [7, 11) is 0. The predicted octanol–water partition coefficient (Wildman–Crippen LogP) is 12.3. The fraction of sp³-hybridized carbons (Fsp3) is 0. The maximum Gasteiger partial charge on any atom is 0.160 e. The van der Waals surface area contributed by atoms with Crippen LogP contribution in [0.25, 0.3) is 94.6 Å². The summed E-state index contributed by atoms with van der Waals surface area (Å²) in [4.78, 5) is 10.4. The Hall–Kier alpha value is -7.64. The summed E-state index contributed by atoms with van der Waals surface area (Å²) >= 11 is 0. The van der Waals surface area contributed by atoms with Gasteiger partial charge in [0.25, 0.3) is 0 Å². The van der Waals surface area contributed by atoms with E-state index in [-0.39, 0.29) is 0 Å². The van der Waals surface area contributed by atoms with Gasteiger partial charge in [0.1, 0.15) is 28.0 Å². The first kappa shape index (κ1) is 30.9. The highest BCUT2D eigenvalue weighted by molar-refractivity contribution is 6.55. The van der Waals surface area contributed by atoms with Crippen LogP contribution >= 0.6 is 0 Å². The zero-order valence-corrected chi connectivity index (χ0v) is 29.2. The maximum absolute atomic E-state index is 8.78. The molecule has 258 valence electrons. The number of benzene rings is 7. The number of nitrogens with zero attached hydrogens (tertiary/aromatic N) is 3. The molecule has 11 rings (SSSR count). The summed E-state index contributed by atoms with van der Waals surface area (Å²) in [5, 5.41) is 19.8. The Labute approximate surface area is 314 Å². The minimum absolute atomic E-state index is 0.344. The van der Waals surface area contributed by atoms with Gasteiger partial charge in [0.2, 0.25) is 0 Å². The van der Waals surface area contributed by atoms with Crippen molar-refractivity contribution in [3.8, 4) is 33.9 Å². The summed E-state index contributed by atoms with van der Waals surface area (Å²) in [5.74, 6) is 0.591. The van der Waals surface area contributed by atoms with Crippen LogP contribution in [0, 0.1) is 5.41 Å². The van der Waals surface area contributed by atoms with Crippen LogP contribution in [0.1, 0.15) is 11.1 Å². The quantitative estimate of drug-likeness (QED) is 0.173. The number of hydrogen-bond donors (Lipinski definition) is 2. The molecule has 10 aromatic rings. The second-order valence-electron chi connectivity index (χ2n) is 13.7. The number of allylic oxidation sites excluding steroid dienone is 1. The van der Waals surface area contributed by atoms with E-state index in [1.54, 1.807) is 6.08 Å². The van der Waals surface area contributed by atoms with Gasteiger partial charge in [-0.25, -0.2) is 9.97 Å². The highest BCUT2D eigenvalue weighted by Crippen LogP contribution is 2.37. The Morgan fingerprint density at radius 3 is 1.75 bits per heavy atom. The Morgan fingerprint density at radius 1 is 0.491 bits per heavy atom. The molecule has 0 saturated heterocycles. The third-order valence-electron chi connectivity index (χ3n) is 10.4. The first-order chi connectivity index (χ1) is 27.1. The fourth-order valence-electron chi connectivity index (χ4n) is 7.67. The Bertz CT molecular complexity index is 3130. The number of aromatic nitrogens is 2. The average Bonchev–Trinajstić information content (AvgIpc) is 3.81. The van der Waals surface area contributed by atoms with Gasteiger partial charge >= 0.3 is 0 Å². The fourth-order valence-corrected chi connectivity index (χ4v) is 7.67. The topological polar surface area (TPSA) is 100 Å². The van der Waals surface area contributed by atoms with Crippen molar-refractivity contribution in [1.82, 2.24) is 9.97 Å². The van der Waals surface area contributed by atoms with Crippen molar-refractivity contribution in [1.29, 1.82) is 5.41 Å². The maximum atomic E-state index is 8.78. The molecule has 0 radical (unpaired) electrons. The molecular formula is C48H29N5O2. The third-order valence-corrected chi connectivity index (χ3v) is 10.4. The number of anilines is 1. The molecule has 0 bridgehead atoms. The van der Waals surface area contributed by atoms with Gasteiger partial charge in [0.15, 0.2) is 5.82 Å². The number of hydrogen-bond acceptors (Lipinski definition) is 7. The van der Waals surface area contributed by atoms with Gasteiger partial charge in [0.05, 0.1) is 22.8 Å². The molecule has 0 saturated carbocycles. The molecular weight excluding hydrogens is 679 g/mol. The van der Waals surface area contributed by atoms with Crippen LogP contribution in [0.3, 0.4) is 0 Å². The molecule has 1 aliphatic carbocycles. The molecule has 0 spiro atoms. The Kier molecular flexibility index (Phi) is 6.87. The highest BCUT2D eigenvalue weighted by atomic mass is 16.3. The SMILES string of the molecule is N=C1C=Cc2ccc3cc(-c4nc(-c5ccc6c(c5)oc5ccccc56)cc(-c5ccc6c(c5)oc5ccccc56)n4)ccc3c2/C1=N/Nc1ccccc1. The van der Waals surface area contributed by atoms with Gasteiger partial charge in [0, 0.05) is 43.8 Å². The van der Waals surface area contributed by atoms with Gasteiger partial charge in [-0.05, 0) is 83.1 Å². The minimum Gasteiger partial charge on any atom is -0.456 e. The van der Waals surface area contributed by atoms with Crippen LogP contribution in [0.4, 0.5) is 5.69 Å². The van der Waals surface area contributed by atoms with E-state index < -0.39 is 0 Å². The summed E-state index contributed by atoms with van der Waals surface area (Å²) in [6.45, 7) is 0. The summed E-state index contributed by atoms with van der Waals surface area (Å²) < 4.78 is 12.6. The molecule has 3 heterocycles. The molecule has 0 amide bonds. The highest BCUT2D eigenvalue weighted by Gasteiger charge is 2.21. The van der Waals surface area contributed by atoms with E-state index in [1.165, 1.54) is 0 Å². The molecule has 0 fully saturated rings. The van der Waals surface area contributed by atoms with Crippen LogP contribution in [-0.2, 0) is 0 Å². The molecule has 0 aliphatic heterocycles. The second-order valence-corrected chi connectivity index (χ2v) is 13.7. The zero-order valence-electron chi connectivity index (χ0n) is 29.2. The van der Waals surface area contributed by atoms with E-state index >= 15 is 0 Å². The van der Waals surface area contributed by atoms with E-state index in [4.69, 9.17) is 29.3 Å². The summed E-state index contributed by atoms with van der Waals surface area (Å²) in [6, 6.07) is 51.0. The Balaban J connectivity index is 1.07. The molecule has 2 N–H and O–H groups in total. The average molecular weight is 708 g/mol. The van der Waals surface area contributed by atoms with Crippen LogP contribution < -0.4 is 5.43 Å². The summed E-state index contributed by atoms with van der Waals surface area (Å²) in [5.41, 5.74) is 14.4. The lowest BCUT2D eigenvalue weighted by molar-refractivity contribution is 0.668. The van der Waals surface area contributed by atoms with E-state index in [2.05, 4.69) is 84.3 Å². The lowest BCUT2D eigenvalue weighted by Crippen LogP contribution is -2.19. The van der Waals surface area contributed by atoms with Crippen molar-refractivity contribution in [2.45, 2.75) is 0 Å². The predicted molar refractivity (Wildman–Crippen MR) is 224 cm³/mol. The standard InChI is InChI=1S/C48H29N5O2/c49-39-23-19-28-14-15-29-24-32(18-20-34(29)46(28)47(39)53-52-33-8-2-1-3-9-33)48-50-40(30-16-21-37-35-10-4-6-12-42(35)54-44(37)25-30)27-41(51-48)31-17-22-38-36-11-5-7-13-43(36)55-45(38)26-31/h1-27,49,52H/b49-39?,53-47+. The molecule has 0 unspecified atom stereocenters. The Morgan fingerprint density at radius 2 is 1.07 bits per heavy atom. The smallest absolute Gasteiger partial charge is 0.160 e. The van der Waals surface area contributed by atoms with Gasteiger partial charge in [-0.2, -0.15) is 5.10 Å². The largest absolute Gasteiger partial charge is 0.456 e. The van der Waals surface area contributed by atoms with Crippen LogP contribution in [0.5, 0.6) is 0 Å². The third kappa shape index (κ3) is 5.21. The summed E-state index contributed by atoms with van der Waals surface area (Å²) in [6.07, 6.45) is 3.77. The number of hydrazone groups is 1. The van der Waals surface area contributed by atoms with Gasteiger partial charge < -0.3 is 8.83 Å². The van der Waals surface area contributed by atoms with Gasteiger partial charge in [-0.1, -0.05) is 97.1 Å². The van der Waals surface area contributed by atoms with Crippen molar-refractivity contribution in [3.05, 3.63) is 169 Å². The lowest BCUT2D eigenvalue weighted by atomic mass is 9.89. The van der Waals surface area contributed by atoms with Gasteiger partial charge in [-0.3, -0.25) is 10.8 Å². The number of nitrogens with one attached hydrogen (secondary N) is 2. The zero-order chi connectivity index (χ0) is 36.5. The molecule has 7 nitrogen and oxygen atoms in total. The van der Waals surface area contributed by atoms with Crippen molar-refractivity contribution in [2.75, 3.05) is 5.43 Å². The molecule has 3 aromatic heterocycles. The first-order valence-corrected chi connectivity index (χ1v) is 18.1. The lowest BCUT2D eigenvalue weighted by Gasteiger charge is -2.18. The van der Waals surface area contributed by atoms with E-state index in [0.29, 0.717) is 17.2 Å². The van der Waals surface area contributed by atoms with Crippen molar-refractivity contribution in [3.63, 3.8) is 0 Å². The molecule has 55 heavy (non-hydrogen) atoms. The monoisotopic (exact) mass is 707 g/mol.